The second kappa shape index (κ2) is 2.96. The molecule has 1 heterocycles. The molecule has 0 spiro atoms. The minimum Gasteiger partial charge on any atom is -0.291 e. The summed E-state index contributed by atoms with van der Waals surface area (Å²) < 4.78 is 23.2. The van der Waals surface area contributed by atoms with Crippen LogP contribution >= 0.6 is 0 Å². The normalized spacial score (nSPS) is 19.1. The van der Waals surface area contributed by atoms with Crippen LogP contribution in [0.2, 0.25) is 0 Å². The van der Waals surface area contributed by atoms with E-state index in [1.807, 2.05) is 6.07 Å². The van der Waals surface area contributed by atoms with E-state index in [1.165, 1.54) is 0 Å². The Morgan fingerprint density at radius 3 is 2.85 bits per heavy atom. The Balaban J connectivity index is 2.70. The molecule has 1 aromatic carbocycles. The molecule has 0 aromatic heterocycles. The zero-order chi connectivity index (χ0) is 9.31. The van der Waals surface area contributed by atoms with Crippen LogP contribution in [0, 0.1) is 0 Å². The standard InChI is InChI=1S/C9H9NO2S/c11-13(12)6-5-10-7-8-3-1-2-4-9(8)13/h1-4,7H,5-6H2. The average molecular weight is 195 g/mol. The van der Waals surface area contributed by atoms with Crippen LogP contribution in [0.15, 0.2) is 34.2 Å². The van der Waals surface area contributed by atoms with Gasteiger partial charge in [0.1, 0.15) is 0 Å². The minimum absolute atomic E-state index is 0.112. The largest absolute Gasteiger partial charge is 0.291 e. The molecular formula is C9H9NO2S. The highest BCUT2D eigenvalue weighted by Gasteiger charge is 2.18. The predicted octanol–water partition coefficient (Wildman–Crippen LogP) is 0.893. The molecule has 0 saturated heterocycles. The Kier molecular flexibility index (Phi) is 1.92. The average Bonchev–Trinajstić information content (AvgIpc) is 2.26. The third kappa shape index (κ3) is 1.49. The summed E-state index contributed by atoms with van der Waals surface area (Å²) in [6.07, 6.45) is 1.62. The van der Waals surface area contributed by atoms with Gasteiger partial charge in [-0.3, -0.25) is 4.99 Å². The number of nitrogens with zero attached hydrogens (tertiary/aromatic N) is 1. The lowest BCUT2D eigenvalue weighted by Crippen LogP contribution is -2.08. The molecule has 68 valence electrons. The van der Waals surface area contributed by atoms with Gasteiger partial charge < -0.3 is 0 Å². The van der Waals surface area contributed by atoms with E-state index in [1.54, 1.807) is 24.4 Å². The highest BCUT2D eigenvalue weighted by Crippen LogP contribution is 2.17. The summed E-state index contributed by atoms with van der Waals surface area (Å²) in [5.74, 6) is 0.112. The summed E-state index contributed by atoms with van der Waals surface area (Å²) in [6, 6.07) is 6.94. The first kappa shape index (κ1) is 8.44. The maximum atomic E-state index is 11.6. The van der Waals surface area contributed by atoms with E-state index in [9.17, 15) is 8.42 Å². The molecule has 0 unspecified atom stereocenters. The number of sulfone groups is 1. The fourth-order valence-corrected chi connectivity index (χ4v) is 2.65. The summed E-state index contributed by atoms with van der Waals surface area (Å²) in [7, 11) is -3.10. The van der Waals surface area contributed by atoms with Crippen LogP contribution in [0.4, 0.5) is 0 Å². The zero-order valence-electron chi connectivity index (χ0n) is 6.97. The highest BCUT2D eigenvalue weighted by molar-refractivity contribution is 7.91. The molecule has 3 nitrogen and oxygen atoms in total. The molecule has 2 rings (SSSR count). The van der Waals surface area contributed by atoms with E-state index < -0.39 is 9.84 Å². The number of aliphatic imine (C=N–C) groups is 1. The molecular weight excluding hydrogens is 186 g/mol. The van der Waals surface area contributed by atoms with Gasteiger partial charge in [0.15, 0.2) is 9.84 Å². The van der Waals surface area contributed by atoms with Gasteiger partial charge in [-0.25, -0.2) is 8.42 Å². The van der Waals surface area contributed by atoms with Crippen molar-refractivity contribution in [3.63, 3.8) is 0 Å². The maximum Gasteiger partial charge on any atom is 0.180 e. The predicted molar refractivity (Wildman–Crippen MR) is 51.0 cm³/mol. The van der Waals surface area contributed by atoms with Crippen molar-refractivity contribution in [1.82, 2.24) is 0 Å². The Hall–Kier alpha value is -1.16. The molecule has 0 aliphatic carbocycles. The number of fused-ring (bicyclic) bond motifs is 1. The zero-order valence-corrected chi connectivity index (χ0v) is 7.79. The lowest BCUT2D eigenvalue weighted by atomic mass is 10.2. The molecule has 1 aliphatic rings. The van der Waals surface area contributed by atoms with Crippen LogP contribution in [0.5, 0.6) is 0 Å². The third-order valence-corrected chi connectivity index (χ3v) is 3.74. The summed E-state index contributed by atoms with van der Waals surface area (Å²) >= 11 is 0. The minimum atomic E-state index is -3.10. The van der Waals surface area contributed by atoms with E-state index in [2.05, 4.69) is 4.99 Å². The SMILES string of the molecule is O=S1(=O)CCN=Cc2ccccc21. The molecule has 0 N–H and O–H groups in total. The van der Waals surface area contributed by atoms with Crippen LogP contribution < -0.4 is 0 Å². The van der Waals surface area contributed by atoms with Gasteiger partial charge in [0.2, 0.25) is 0 Å². The van der Waals surface area contributed by atoms with Crippen molar-refractivity contribution in [2.45, 2.75) is 4.90 Å². The summed E-state index contributed by atoms with van der Waals surface area (Å²) in [6.45, 7) is 0.358. The van der Waals surface area contributed by atoms with Crippen LogP contribution in [-0.4, -0.2) is 26.9 Å². The lowest BCUT2D eigenvalue weighted by molar-refractivity contribution is 0.596. The summed E-state index contributed by atoms with van der Waals surface area (Å²) in [5, 5.41) is 0. The van der Waals surface area contributed by atoms with Gasteiger partial charge >= 0.3 is 0 Å². The Labute approximate surface area is 77.0 Å². The lowest BCUT2D eigenvalue weighted by Gasteiger charge is -2.02. The smallest absolute Gasteiger partial charge is 0.180 e. The number of benzene rings is 1. The second-order valence-corrected chi connectivity index (χ2v) is 4.97. The molecule has 0 radical (unpaired) electrons. The van der Waals surface area contributed by atoms with Gasteiger partial charge in [0, 0.05) is 11.8 Å². The van der Waals surface area contributed by atoms with Gasteiger partial charge in [-0.1, -0.05) is 18.2 Å². The summed E-state index contributed by atoms with van der Waals surface area (Å²) in [4.78, 5) is 4.40. The maximum absolute atomic E-state index is 11.6. The molecule has 0 fully saturated rings. The molecule has 0 amide bonds. The van der Waals surface area contributed by atoms with Crippen molar-refractivity contribution < 1.29 is 8.42 Å². The number of hydrogen-bond acceptors (Lipinski definition) is 3. The monoisotopic (exact) mass is 195 g/mol. The molecule has 0 atom stereocenters. The molecule has 4 heteroatoms. The van der Waals surface area contributed by atoms with Gasteiger partial charge in [-0.05, 0) is 6.07 Å². The fraction of sp³-hybridized carbons (Fsp3) is 0.222. The van der Waals surface area contributed by atoms with E-state index in [0.717, 1.165) is 0 Å². The Bertz CT molecular complexity index is 448. The Morgan fingerprint density at radius 1 is 1.23 bits per heavy atom. The van der Waals surface area contributed by atoms with Gasteiger partial charge in [0.05, 0.1) is 17.2 Å². The van der Waals surface area contributed by atoms with Gasteiger partial charge in [0.25, 0.3) is 0 Å². The van der Waals surface area contributed by atoms with Crippen molar-refractivity contribution >= 4 is 16.1 Å². The van der Waals surface area contributed by atoms with Crippen molar-refractivity contribution in [2.75, 3.05) is 12.3 Å². The second-order valence-electron chi connectivity index (χ2n) is 2.89. The number of rotatable bonds is 0. The first-order valence-corrected chi connectivity index (χ1v) is 5.67. The summed E-state index contributed by atoms with van der Waals surface area (Å²) in [5.41, 5.74) is 0.694. The molecule has 1 aromatic rings. The van der Waals surface area contributed by atoms with Crippen LogP contribution in [0.3, 0.4) is 0 Å². The van der Waals surface area contributed by atoms with Gasteiger partial charge in [-0.2, -0.15) is 0 Å². The van der Waals surface area contributed by atoms with Crippen molar-refractivity contribution in [3.8, 4) is 0 Å². The van der Waals surface area contributed by atoms with Crippen molar-refractivity contribution in [1.29, 1.82) is 0 Å². The topological polar surface area (TPSA) is 46.5 Å². The van der Waals surface area contributed by atoms with Crippen LogP contribution in [-0.2, 0) is 9.84 Å². The number of hydrogen-bond donors (Lipinski definition) is 0. The van der Waals surface area contributed by atoms with Crippen molar-refractivity contribution in [2.24, 2.45) is 4.99 Å². The first-order valence-electron chi connectivity index (χ1n) is 4.02. The third-order valence-electron chi connectivity index (χ3n) is 1.97. The molecule has 0 saturated carbocycles. The Morgan fingerprint density at radius 2 is 2.00 bits per heavy atom. The highest BCUT2D eigenvalue weighted by atomic mass is 32.2. The molecule has 0 bridgehead atoms. The van der Waals surface area contributed by atoms with E-state index in [-0.39, 0.29) is 5.75 Å². The fourth-order valence-electron chi connectivity index (χ4n) is 1.32. The van der Waals surface area contributed by atoms with Crippen LogP contribution in [0.1, 0.15) is 5.56 Å². The quantitative estimate of drug-likeness (QED) is 0.617. The van der Waals surface area contributed by atoms with E-state index in [4.69, 9.17) is 0 Å². The first-order chi connectivity index (χ1) is 6.20. The van der Waals surface area contributed by atoms with Crippen LogP contribution in [0.25, 0.3) is 0 Å². The molecule has 1 aliphatic heterocycles. The van der Waals surface area contributed by atoms with E-state index >= 15 is 0 Å². The van der Waals surface area contributed by atoms with E-state index in [0.29, 0.717) is 17.0 Å². The molecule has 13 heavy (non-hydrogen) atoms. The van der Waals surface area contributed by atoms with Crippen molar-refractivity contribution in [3.05, 3.63) is 29.8 Å². The van der Waals surface area contributed by atoms with Gasteiger partial charge in [-0.15, -0.1) is 0 Å².